The molecule has 0 bridgehead atoms. The lowest BCUT2D eigenvalue weighted by Gasteiger charge is -2.38. The fraction of sp³-hybridized carbons (Fsp3) is 0.500. The van der Waals surface area contributed by atoms with Crippen LogP contribution in [0.5, 0.6) is 0 Å². The van der Waals surface area contributed by atoms with E-state index in [0.717, 1.165) is 4.90 Å². The number of anilines is 2. The van der Waals surface area contributed by atoms with Crippen LogP contribution in [-0.2, 0) is 4.79 Å². The molecule has 0 aliphatic carbocycles. The third-order valence-electron chi connectivity index (χ3n) is 3.06. The van der Waals surface area contributed by atoms with Crippen LogP contribution in [0.2, 0.25) is 5.15 Å². The van der Waals surface area contributed by atoms with Crippen LogP contribution in [0.25, 0.3) is 0 Å². The van der Waals surface area contributed by atoms with Crippen molar-refractivity contribution in [2.24, 2.45) is 0 Å². The van der Waals surface area contributed by atoms with E-state index in [-0.39, 0.29) is 17.4 Å². The maximum atomic E-state index is 12.4. The van der Waals surface area contributed by atoms with Crippen LogP contribution in [0.4, 0.5) is 16.3 Å². The Kier molecular flexibility index (Phi) is 3.91. The van der Waals surface area contributed by atoms with Crippen LogP contribution in [0, 0.1) is 0 Å². The number of nitrogens with one attached hydrogen (secondary N) is 2. The van der Waals surface area contributed by atoms with Gasteiger partial charge in [0, 0.05) is 12.1 Å². The number of hydrogen-bond donors (Lipinski definition) is 3. The molecule has 0 saturated heterocycles. The summed E-state index contributed by atoms with van der Waals surface area (Å²) < 4.78 is 0. The highest BCUT2D eigenvalue weighted by atomic mass is 35.5. The first kappa shape index (κ1) is 15.3. The first-order chi connectivity index (χ1) is 9.71. The number of rotatable bonds is 1. The van der Waals surface area contributed by atoms with E-state index in [4.69, 9.17) is 11.6 Å². The van der Waals surface area contributed by atoms with Crippen molar-refractivity contribution in [3.63, 3.8) is 0 Å². The molecule has 2 amide bonds. The Morgan fingerprint density at radius 2 is 2.14 bits per heavy atom. The molecule has 0 aromatic carbocycles. The van der Waals surface area contributed by atoms with Gasteiger partial charge in [0.1, 0.15) is 18.1 Å². The molecule has 2 rings (SSSR count). The highest BCUT2D eigenvalue weighted by Crippen LogP contribution is 2.29. The summed E-state index contributed by atoms with van der Waals surface area (Å²) in [6.45, 7) is 5.26. The van der Waals surface area contributed by atoms with Gasteiger partial charge in [0.15, 0.2) is 11.0 Å². The highest BCUT2D eigenvalue weighted by molar-refractivity contribution is 6.33. The predicted molar refractivity (Wildman–Crippen MR) is 77.6 cm³/mol. The fourth-order valence-corrected chi connectivity index (χ4v) is 2.38. The molecular formula is C12H16ClN5O3. The van der Waals surface area contributed by atoms with Gasteiger partial charge in [-0.2, -0.15) is 0 Å². The van der Waals surface area contributed by atoms with E-state index in [1.807, 2.05) is 0 Å². The Morgan fingerprint density at radius 3 is 2.71 bits per heavy atom. The minimum absolute atomic E-state index is 0.0930. The summed E-state index contributed by atoms with van der Waals surface area (Å²) in [4.78, 5) is 32.7. The molecule has 21 heavy (non-hydrogen) atoms. The zero-order valence-corrected chi connectivity index (χ0v) is 12.6. The molecule has 1 aliphatic rings. The molecule has 9 heteroatoms. The Hall–Kier alpha value is -2.09. The largest absolute Gasteiger partial charge is 0.465 e. The number of carboxylic acid groups (broad SMARTS) is 1. The second kappa shape index (κ2) is 5.36. The van der Waals surface area contributed by atoms with Gasteiger partial charge in [-0.05, 0) is 20.8 Å². The van der Waals surface area contributed by atoms with Crippen LogP contribution in [0.15, 0.2) is 6.33 Å². The summed E-state index contributed by atoms with van der Waals surface area (Å²) in [7, 11) is 0. The van der Waals surface area contributed by atoms with Crippen molar-refractivity contribution in [1.82, 2.24) is 14.9 Å². The van der Waals surface area contributed by atoms with Gasteiger partial charge in [0.05, 0.1) is 0 Å². The number of carbonyl (C=O) groups excluding carboxylic acids is 1. The second-order valence-electron chi connectivity index (χ2n) is 5.60. The van der Waals surface area contributed by atoms with Crippen molar-refractivity contribution in [2.45, 2.75) is 32.4 Å². The SMILES string of the molecule is CC(C)(C)N(C(=O)O)[C@H]1CNc2ncnc(Cl)c2NC1=O. The number of nitrogens with zero attached hydrogens (tertiary/aromatic N) is 3. The standard InChI is InChI=1S/C12H16ClN5O3/c1-12(2,3)18(11(20)21)6-4-14-9-7(17-10(6)19)8(13)15-5-16-9/h5-6H,4H2,1-3H3,(H,17,19)(H,20,21)(H,14,15,16)/t6-/m0/s1. The van der Waals surface area contributed by atoms with Crippen LogP contribution in [-0.4, -0.2) is 50.1 Å². The molecule has 0 radical (unpaired) electrons. The number of aromatic nitrogens is 2. The van der Waals surface area contributed by atoms with Gasteiger partial charge in [-0.1, -0.05) is 11.6 Å². The van der Waals surface area contributed by atoms with Crippen LogP contribution >= 0.6 is 11.6 Å². The smallest absolute Gasteiger partial charge is 0.408 e. The van der Waals surface area contributed by atoms with E-state index in [1.165, 1.54) is 6.33 Å². The van der Waals surface area contributed by atoms with E-state index in [9.17, 15) is 14.7 Å². The molecular weight excluding hydrogens is 298 g/mol. The van der Waals surface area contributed by atoms with Crippen molar-refractivity contribution in [3.05, 3.63) is 11.5 Å². The Bertz CT molecular complexity index is 587. The lowest BCUT2D eigenvalue weighted by atomic mass is 10.0. The summed E-state index contributed by atoms with van der Waals surface area (Å²) in [5, 5.41) is 15.0. The number of amides is 2. The topological polar surface area (TPSA) is 107 Å². The predicted octanol–water partition coefficient (Wildman–Crippen LogP) is 1.64. The molecule has 0 spiro atoms. The first-order valence-electron chi connectivity index (χ1n) is 6.29. The summed E-state index contributed by atoms with van der Waals surface area (Å²) >= 11 is 5.92. The molecule has 8 nitrogen and oxygen atoms in total. The number of hydrogen-bond acceptors (Lipinski definition) is 5. The molecule has 0 saturated carbocycles. The maximum Gasteiger partial charge on any atom is 0.408 e. The summed E-state index contributed by atoms with van der Waals surface area (Å²) in [6, 6.07) is -0.909. The molecule has 1 aliphatic heterocycles. The molecule has 3 N–H and O–H groups in total. The molecule has 114 valence electrons. The van der Waals surface area contributed by atoms with Gasteiger partial charge in [-0.15, -0.1) is 0 Å². The Morgan fingerprint density at radius 1 is 1.48 bits per heavy atom. The molecule has 1 aromatic rings. The van der Waals surface area contributed by atoms with Crippen molar-refractivity contribution in [2.75, 3.05) is 17.2 Å². The van der Waals surface area contributed by atoms with Crippen molar-refractivity contribution >= 4 is 35.1 Å². The average molecular weight is 314 g/mol. The van der Waals surface area contributed by atoms with Crippen molar-refractivity contribution in [3.8, 4) is 0 Å². The molecule has 1 aromatic heterocycles. The van der Waals surface area contributed by atoms with Crippen LogP contribution < -0.4 is 10.6 Å². The monoisotopic (exact) mass is 313 g/mol. The number of fused-ring (bicyclic) bond motifs is 1. The van der Waals surface area contributed by atoms with Crippen LogP contribution in [0.1, 0.15) is 20.8 Å². The normalized spacial score (nSPS) is 18.1. The third-order valence-corrected chi connectivity index (χ3v) is 3.34. The number of carbonyl (C=O) groups is 2. The Labute approximate surface area is 126 Å². The fourth-order valence-electron chi connectivity index (χ4n) is 2.20. The molecule has 1 atom stereocenters. The molecule has 0 fully saturated rings. The minimum Gasteiger partial charge on any atom is -0.465 e. The zero-order chi connectivity index (χ0) is 15.8. The van der Waals surface area contributed by atoms with E-state index in [0.29, 0.717) is 5.82 Å². The van der Waals surface area contributed by atoms with Crippen molar-refractivity contribution in [1.29, 1.82) is 0 Å². The summed E-state index contributed by atoms with van der Waals surface area (Å²) in [5.74, 6) is -0.111. The quantitative estimate of drug-likeness (QED) is 0.680. The van der Waals surface area contributed by atoms with E-state index < -0.39 is 23.6 Å². The Balaban J connectivity index is 2.36. The first-order valence-corrected chi connectivity index (χ1v) is 6.67. The van der Waals surface area contributed by atoms with Gasteiger partial charge >= 0.3 is 6.09 Å². The minimum atomic E-state index is -1.17. The van der Waals surface area contributed by atoms with E-state index in [1.54, 1.807) is 20.8 Å². The zero-order valence-electron chi connectivity index (χ0n) is 11.8. The maximum absolute atomic E-state index is 12.4. The van der Waals surface area contributed by atoms with Gasteiger partial charge in [-0.3, -0.25) is 9.69 Å². The highest BCUT2D eigenvalue weighted by Gasteiger charge is 2.39. The van der Waals surface area contributed by atoms with Crippen molar-refractivity contribution < 1.29 is 14.7 Å². The lowest BCUT2D eigenvalue weighted by molar-refractivity contribution is -0.121. The van der Waals surface area contributed by atoms with Gasteiger partial charge < -0.3 is 15.7 Å². The summed E-state index contributed by atoms with van der Waals surface area (Å²) in [5.41, 5.74) is -0.479. The number of halogens is 1. The second-order valence-corrected chi connectivity index (χ2v) is 5.96. The lowest BCUT2D eigenvalue weighted by Crippen LogP contribution is -2.57. The summed E-state index contributed by atoms with van der Waals surface area (Å²) in [6.07, 6.45) is 0.0897. The molecule has 2 heterocycles. The van der Waals surface area contributed by atoms with Gasteiger partial charge in [0.2, 0.25) is 5.91 Å². The molecule has 0 unspecified atom stereocenters. The third kappa shape index (κ3) is 2.99. The van der Waals surface area contributed by atoms with Gasteiger partial charge in [0.25, 0.3) is 0 Å². The van der Waals surface area contributed by atoms with Gasteiger partial charge in [-0.25, -0.2) is 14.8 Å². The van der Waals surface area contributed by atoms with E-state index in [2.05, 4.69) is 20.6 Å². The van der Waals surface area contributed by atoms with E-state index >= 15 is 0 Å². The van der Waals surface area contributed by atoms with Crippen LogP contribution in [0.3, 0.4) is 0 Å². The average Bonchev–Trinajstić information content (AvgIpc) is 2.49.